The zero-order valence-corrected chi connectivity index (χ0v) is 10.7. The molecule has 2 aliphatic rings. The van der Waals surface area contributed by atoms with Gasteiger partial charge in [-0.05, 0) is 32.7 Å². The third-order valence-electron chi connectivity index (χ3n) is 4.32. The SMILES string of the molecule is CCC(C#N)C(=O)N1CCC2CCC(C1)N2C. The highest BCUT2D eigenvalue weighted by Gasteiger charge is 2.37. The maximum absolute atomic E-state index is 12.2. The number of nitrogens with zero attached hydrogens (tertiary/aromatic N) is 3. The predicted molar refractivity (Wildman–Crippen MR) is 65.2 cm³/mol. The molecule has 0 N–H and O–H groups in total. The first-order valence-electron chi connectivity index (χ1n) is 6.57. The number of nitriles is 1. The molecule has 94 valence electrons. The van der Waals surface area contributed by atoms with E-state index in [2.05, 4.69) is 18.0 Å². The highest BCUT2D eigenvalue weighted by atomic mass is 16.2. The van der Waals surface area contributed by atoms with Gasteiger partial charge in [0.2, 0.25) is 5.91 Å². The highest BCUT2D eigenvalue weighted by Crippen LogP contribution is 2.29. The van der Waals surface area contributed by atoms with Crippen LogP contribution >= 0.6 is 0 Å². The molecule has 2 fully saturated rings. The molecule has 4 nitrogen and oxygen atoms in total. The average molecular weight is 235 g/mol. The number of hydrogen-bond acceptors (Lipinski definition) is 3. The molecule has 2 rings (SSSR count). The summed E-state index contributed by atoms with van der Waals surface area (Å²) in [5.74, 6) is -0.409. The number of hydrogen-bond donors (Lipinski definition) is 0. The number of carbonyl (C=O) groups is 1. The fraction of sp³-hybridized carbons (Fsp3) is 0.846. The molecule has 2 bridgehead atoms. The molecule has 3 atom stereocenters. The van der Waals surface area contributed by atoms with Gasteiger partial charge in [0.1, 0.15) is 5.92 Å². The van der Waals surface area contributed by atoms with E-state index in [1.54, 1.807) is 0 Å². The first kappa shape index (κ1) is 12.4. The first-order chi connectivity index (χ1) is 8.17. The third-order valence-corrected chi connectivity index (χ3v) is 4.32. The Morgan fingerprint density at radius 3 is 2.76 bits per heavy atom. The lowest BCUT2D eigenvalue weighted by Crippen LogP contribution is -2.42. The fourth-order valence-electron chi connectivity index (χ4n) is 3.05. The van der Waals surface area contributed by atoms with E-state index < -0.39 is 5.92 Å². The minimum absolute atomic E-state index is 0.0379. The molecular weight excluding hydrogens is 214 g/mol. The van der Waals surface area contributed by atoms with E-state index >= 15 is 0 Å². The van der Waals surface area contributed by atoms with Crippen LogP contribution in [0.5, 0.6) is 0 Å². The van der Waals surface area contributed by atoms with Crippen molar-refractivity contribution < 1.29 is 4.79 Å². The van der Waals surface area contributed by atoms with Crippen LogP contribution < -0.4 is 0 Å². The summed E-state index contributed by atoms with van der Waals surface area (Å²) in [7, 11) is 2.16. The molecule has 0 radical (unpaired) electrons. The van der Waals surface area contributed by atoms with Crippen LogP contribution in [-0.2, 0) is 4.79 Å². The van der Waals surface area contributed by atoms with Crippen LogP contribution in [0.4, 0.5) is 0 Å². The summed E-state index contributed by atoms with van der Waals surface area (Å²) in [5, 5.41) is 8.97. The zero-order valence-electron chi connectivity index (χ0n) is 10.7. The molecule has 0 saturated carbocycles. The molecule has 0 aliphatic carbocycles. The summed E-state index contributed by atoms with van der Waals surface area (Å²) in [6.07, 6.45) is 4.13. The van der Waals surface area contributed by atoms with Crippen LogP contribution in [0, 0.1) is 17.2 Å². The van der Waals surface area contributed by atoms with Gasteiger partial charge in [-0.3, -0.25) is 9.69 Å². The highest BCUT2D eigenvalue weighted by molar-refractivity contribution is 5.81. The Bertz CT molecular complexity index is 336. The fourth-order valence-corrected chi connectivity index (χ4v) is 3.05. The number of fused-ring (bicyclic) bond motifs is 2. The molecule has 17 heavy (non-hydrogen) atoms. The number of likely N-dealkylation sites (N-methyl/N-ethyl adjacent to an activating group) is 1. The maximum Gasteiger partial charge on any atom is 0.239 e. The maximum atomic E-state index is 12.2. The molecule has 0 aromatic heterocycles. The lowest BCUT2D eigenvalue weighted by molar-refractivity contribution is -0.134. The predicted octanol–water partition coefficient (Wildman–Crippen LogP) is 1.23. The summed E-state index contributed by atoms with van der Waals surface area (Å²) >= 11 is 0. The van der Waals surface area contributed by atoms with Crippen molar-refractivity contribution in [1.82, 2.24) is 9.80 Å². The van der Waals surface area contributed by atoms with Gasteiger partial charge in [0.05, 0.1) is 6.07 Å². The normalized spacial score (nSPS) is 30.8. The van der Waals surface area contributed by atoms with E-state index in [1.165, 1.54) is 12.8 Å². The van der Waals surface area contributed by atoms with Crippen molar-refractivity contribution in [3.8, 4) is 6.07 Å². The van der Waals surface area contributed by atoms with Gasteiger partial charge < -0.3 is 4.90 Å². The van der Waals surface area contributed by atoms with Gasteiger partial charge in [-0.25, -0.2) is 0 Å². The second kappa shape index (κ2) is 5.05. The van der Waals surface area contributed by atoms with E-state index in [-0.39, 0.29) is 5.91 Å². The monoisotopic (exact) mass is 235 g/mol. The molecule has 2 aliphatic heterocycles. The van der Waals surface area contributed by atoms with E-state index in [0.717, 1.165) is 19.5 Å². The van der Waals surface area contributed by atoms with Crippen molar-refractivity contribution >= 4 is 5.91 Å². The van der Waals surface area contributed by atoms with Gasteiger partial charge in [0.15, 0.2) is 0 Å². The standard InChI is InChI=1S/C13H21N3O/c1-3-10(8-14)13(17)16-7-6-11-4-5-12(9-16)15(11)2/h10-12H,3-7,9H2,1-2H3. The van der Waals surface area contributed by atoms with Crippen LogP contribution in [0.25, 0.3) is 0 Å². The first-order valence-corrected chi connectivity index (χ1v) is 6.57. The van der Waals surface area contributed by atoms with Gasteiger partial charge in [-0.2, -0.15) is 5.26 Å². The molecule has 0 aromatic carbocycles. The Balaban J connectivity index is 2.04. The lowest BCUT2D eigenvalue weighted by atomic mass is 10.0. The molecular formula is C13H21N3O. The van der Waals surface area contributed by atoms with Gasteiger partial charge in [0, 0.05) is 25.2 Å². The summed E-state index contributed by atoms with van der Waals surface area (Å²) in [6, 6.07) is 3.26. The zero-order chi connectivity index (χ0) is 12.4. The Kier molecular flexibility index (Phi) is 3.68. The molecule has 1 amide bonds. The summed E-state index contributed by atoms with van der Waals surface area (Å²) < 4.78 is 0. The van der Waals surface area contributed by atoms with Gasteiger partial charge >= 0.3 is 0 Å². The second-order valence-corrected chi connectivity index (χ2v) is 5.21. The van der Waals surface area contributed by atoms with Crippen LogP contribution in [0.15, 0.2) is 0 Å². The number of likely N-dealkylation sites (tertiary alicyclic amines) is 1. The van der Waals surface area contributed by atoms with Crippen LogP contribution in [0.1, 0.15) is 32.6 Å². The van der Waals surface area contributed by atoms with Crippen LogP contribution in [0.2, 0.25) is 0 Å². The lowest BCUT2D eigenvalue weighted by Gasteiger charge is -2.27. The quantitative estimate of drug-likeness (QED) is 0.723. The van der Waals surface area contributed by atoms with Gasteiger partial charge in [0.25, 0.3) is 0 Å². The van der Waals surface area contributed by atoms with Crippen molar-refractivity contribution in [3.05, 3.63) is 0 Å². The Morgan fingerprint density at radius 1 is 1.41 bits per heavy atom. The average Bonchev–Trinajstić information content (AvgIpc) is 2.54. The third kappa shape index (κ3) is 2.30. The molecule has 2 saturated heterocycles. The molecule has 0 spiro atoms. The van der Waals surface area contributed by atoms with E-state index in [1.807, 2.05) is 11.8 Å². The largest absolute Gasteiger partial charge is 0.340 e. The number of rotatable bonds is 2. The van der Waals surface area contributed by atoms with Crippen molar-refractivity contribution in [2.75, 3.05) is 20.1 Å². The van der Waals surface area contributed by atoms with Crippen LogP contribution in [-0.4, -0.2) is 47.9 Å². The van der Waals surface area contributed by atoms with Gasteiger partial charge in [-0.1, -0.05) is 6.92 Å². The summed E-state index contributed by atoms with van der Waals surface area (Å²) in [4.78, 5) is 16.5. The van der Waals surface area contributed by atoms with Crippen LogP contribution in [0.3, 0.4) is 0 Å². The molecule has 0 aromatic rings. The van der Waals surface area contributed by atoms with Crippen molar-refractivity contribution in [3.63, 3.8) is 0 Å². The second-order valence-electron chi connectivity index (χ2n) is 5.21. The van der Waals surface area contributed by atoms with Crippen molar-refractivity contribution in [2.24, 2.45) is 5.92 Å². The Morgan fingerprint density at radius 2 is 2.12 bits per heavy atom. The van der Waals surface area contributed by atoms with E-state index in [9.17, 15) is 4.79 Å². The Labute approximate surface area is 103 Å². The Hall–Kier alpha value is -1.08. The topological polar surface area (TPSA) is 47.3 Å². The van der Waals surface area contributed by atoms with E-state index in [0.29, 0.717) is 18.5 Å². The summed E-state index contributed by atoms with van der Waals surface area (Å²) in [6.45, 7) is 3.54. The van der Waals surface area contributed by atoms with Crippen molar-refractivity contribution in [2.45, 2.75) is 44.7 Å². The summed E-state index contributed by atoms with van der Waals surface area (Å²) in [5.41, 5.74) is 0. The molecule has 4 heteroatoms. The number of carbonyl (C=O) groups excluding carboxylic acids is 1. The van der Waals surface area contributed by atoms with Gasteiger partial charge in [-0.15, -0.1) is 0 Å². The molecule has 2 heterocycles. The van der Waals surface area contributed by atoms with Crippen molar-refractivity contribution in [1.29, 1.82) is 5.26 Å². The van der Waals surface area contributed by atoms with E-state index in [4.69, 9.17) is 5.26 Å². The smallest absolute Gasteiger partial charge is 0.239 e. The molecule has 3 unspecified atom stereocenters. The minimum Gasteiger partial charge on any atom is -0.340 e. The number of amides is 1. The minimum atomic E-state index is -0.447.